The van der Waals surface area contributed by atoms with E-state index in [2.05, 4.69) is 11.1 Å². The Labute approximate surface area is 119 Å². The molecule has 0 radical (unpaired) electrons. The molecule has 0 spiro atoms. The molecule has 1 aliphatic carbocycles. The molecule has 0 fully saturated rings. The number of hydrogen-bond donors (Lipinski definition) is 1. The standard InChI is InChI=1S/C16H20N2O2/c19-16-4-1-3-13-5-6-14(11-15(13)16)20-10-2-8-18-9-7-17-12-18/h5-7,9,11-12,16,19H,1-4,8,10H2/t16-/m0/s1. The number of benzene rings is 1. The molecule has 2 aromatic rings. The minimum atomic E-state index is -0.326. The zero-order chi connectivity index (χ0) is 13.8. The number of nitrogens with zero attached hydrogens (tertiary/aromatic N) is 2. The largest absolute Gasteiger partial charge is 0.494 e. The van der Waals surface area contributed by atoms with E-state index in [1.54, 1.807) is 6.20 Å². The molecular formula is C16H20N2O2. The monoisotopic (exact) mass is 272 g/mol. The van der Waals surface area contributed by atoms with Crippen molar-refractivity contribution in [2.75, 3.05) is 6.61 Å². The van der Waals surface area contributed by atoms with Gasteiger partial charge in [0.15, 0.2) is 0 Å². The lowest BCUT2D eigenvalue weighted by atomic mass is 9.89. The normalized spacial score (nSPS) is 17.8. The number of aliphatic hydroxyl groups is 1. The number of aromatic nitrogens is 2. The summed E-state index contributed by atoms with van der Waals surface area (Å²) in [5.74, 6) is 0.857. The lowest BCUT2D eigenvalue weighted by Crippen LogP contribution is -2.10. The maximum Gasteiger partial charge on any atom is 0.119 e. The molecule has 0 saturated carbocycles. The van der Waals surface area contributed by atoms with E-state index in [1.807, 2.05) is 29.2 Å². The lowest BCUT2D eigenvalue weighted by molar-refractivity contribution is 0.156. The van der Waals surface area contributed by atoms with Crippen LogP contribution in [-0.4, -0.2) is 21.3 Å². The molecule has 1 aromatic carbocycles. The van der Waals surface area contributed by atoms with E-state index in [0.717, 1.165) is 43.5 Å². The van der Waals surface area contributed by atoms with Gasteiger partial charge in [-0.1, -0.05) is 6.07 Å². The summed E-state index contributed by atoms with van der Waals surface area (Å²) in [6.45, 7) is 1.58. The first kappa shape index (κ1) is 13.2. The van der Waals surface area contributed by atoms with Gasteiger partial charge in [0.2, 0.25) is 0 Å². The Morgan fingerprint density at radius 3 is 3.20 bits per heavy atom. The van der Waals surface area contributed by atoms with Gasteiger partial charge in [-0.3, -0.25) is 0 Å². The first-order valence-electron chi connectivity index (χ1n) is 7.22. The van der Waals surface area contributed by atoms with E-state index >= 15 is 0 Å². The van der Waals surface area contributed by atoms with Crippen LogP contribution in [0, 0.1) is 0 Å². The molecule has 0 aliphatic heterocycles. The molecule has 20 heavy (non-hydrogen) atoms. The first-order chi connectivity index (χ1) is 9.83. The number of hydrogen-bond acceptors (Lipinski definition) is 3. The smallest absolute Gasteiger partial charge is 0.119 e. The summed E-state index contributed by atoms with van der Waals surface area (Å²) in [7, 11) is 0. The van der Waals surface area contributed by atoms with Crippen LogP contribution >= 0.6 is 0 Å². The highest BCUT2D eigenvalue weighted by atomic mass is 16.5. The Morgan fingerprint density at radius 1 is 1.40 bits per heavy atom. The Hall–Kier alpha value is -1.81. The molecule has 0 bridgehead atoms. The van der Waals surface area contributed by atoms with Crippen LogP contribution in [0.4, 0.5) is 0 Å². The van der Waals surface area contributed by atoms with E-state index in [4.69, 9.17) is 4.74 Å². The Kier molecular flexibility index (Phi) is 4.02. The van der Waals surface area contributed by atoms with Gasteiger partial charge in [0.25, 0.3) is 0 Å². The topological polar surface area (TPSA) is 47.3 Å². The van der Waals surface area contributed by atoms with Gasteiger partial charge in [-0.05, 0) is 48.9 Å². The molecule has 106 valence electrons. The molecule has 4 nitrogen and oxygen atoms in total. The van der Waals surface area contributed by atoms with Crippen LogP contribution in [0.5, 0.6) is 5.75 Å². The van der Waals surface area contributed by atoms with E-state index in [-0.39, 0.29) is 6.10 Å². The van der Waals surface area contributed by atoms with Crippen molar-refractivity contribution >= 4 is 0 Å². The molecule has 1 aromatic heterocycles. The number of aryl methyl sites for hydroxylation is 2. The third-order valence-corrected chi connectivity index (χ3v) is 3.79. The molecule has 1 aliphatic rings. The minimum Gasteiger partial charge on any atom is -0.494 e. The Bertz CT molecular complexity index is 552. The molecule has 1 atom stereocenters. The number of ether oxygens (including phenoxy) is 1. The van der Waals surface area contributed by atoms with Crippen LogP contribution in [0.1, 0.15) is 36.5 Å². The van der Waals surface area contributed by atoms with Gasteiger partial charge >= 0.3 is 0 Å². The molecular weight excluding hydrogens is 252 g/mol. The highest BCUT2D eigenvalue weighted by Crippen LogP contribution is 2.32. The van der Waals surface area contributed by atoms with Crippen molar-refractivity contribution in [3.05, 3.63) is 48.0 Å². The molecule has 0 unspecified atom stereocenters. The predicted molar refractivity (Wildman–Crippen MR) is 76.7 cm³/mol. The quantitative estimate of drug-likeness (QED) is 0.851. The van der Waals surface area contributed by atoms with Gasteiger partial charge in [-0.2, -0.15) is 0 Å². The highest BCUT2D eigenvalue weighted by molar-refractivity contribution is 5.38. The molecule has 1 heterocycles. The first-order valence-corrected chi connectivity index (χ1v) is 7.22. The van der Waals surface area contributed by atoms with Crippen LogP contribution in [0.2, 0.25) is 0 Å². The average Bonchev–Trinajstić information content (AvgIpc) is 2.98. The fourth-order valence-corrected chi connectivity index (χ4v) is 2.70. The van der Waals surface area contributed by atoms with Crippen LogP contribution < -0.4 is 4.74 Å². The third kappa shape index (κ3) is 3.02. The second-order valence-corrected chi connectivity index (χ2v) is 5.27. The summed E-state index contributed by atoms with van der Waals surface area (Å²) in [5.41, 5.74) is 2.30. The van der Waals surface area contributed by atoms with Crippen LogP contribution in [0.15, 0.2) is 36.9 Å². The van der Waals surface area contributed by atoms with Crippen molar-refractivity contribution in [3.63, 3.8) is 0 Å². The zero-order valence-electron chi connectivity index (χ0n) is 11.5. The van der Waals surface area contributed by atoms with Gasteiger partial charge in [-0.25, -0.2) is 4.98 Å². The maximum absolute atomic E-state index is 10.0. The van der Waals surface area contributed by atoms with Crippen molar-refractivity contribution in [3.8, 4) is 5.75 Å². The summed E-state index contributed by atoms with van der Waals surface area (Å²) in [6.07, 6.45) is 9.16. The predicted octanol–water partition coefficient (Wildman–Crippen LogP) is 2.72. The number of aliphatic hydroxyl groups excluding tert-OH is 1. The summed E-state index contributed by atoms with van der Waals surface area (Å²) < 4.78 is 7.82. The molecule has 1 N–H and O–H groups in total. The van der Waals surface area contributed by atoms with Crippen molar-refractivity contribution in [2.24, 2.45) is 0 Å². The van der Waals surface area contributed by atoms with Gasteiger partial charge < -0.3 is 14.4 Å². The third-order valence-electron chi connectivity index (χ3n) is 3.79. The van der Waals surface area contributed by atoms with E-state index in [1.165, 1.54) is 5.56 Å². The van der Waals surface area contributed by atoms with E-state index in [0.29, 0.717) is 6.61 Å². The average molecular weight is 272 g/mol. The molecule has 0 amide bonds. The Morgan fingerprint density at radius 2 is 2.35 bits per heavy atom. The number of fused-ring (bicyclic) bond motifs is 1. The summed E-state index contributed by atoms with van der Waals surface area (Å²) in [5, 5.41) is 10.0. The van der Waals surface area contributed by atoms with Gasteiger partial charge in [0.05, 0.1) is 19.0 Å². The van der Waals surface area contributed by atoms with Gasteiger partial charge in [0.1, 0.15) is 5.75 Å². The fraction of sp³-hybridized carbons (Fsp3) is 0.438. The molecule has 4 heteroatoms. The fourth-order valence-electron chi connectivity index (χ4n) is 2.70. The summed E-state index contributed by atoms with van der Waals surface area (Å²) >= 11 is 0. The Balaban J connectivity index is 1.54. The van der Waals surface area contributed by atoms with E-state index < -0.39 is 0 Å². The van der Waals surface area contributed by atoms with E-state index in [9.17, 15) is 5.11 Å². The maximum atomic E-state index is 10.0. The number of rotatable bonds is 5. The second kappa shape index (κ2) is 6.09. The van der Waals surface area contributed by atoms with Crippen LogP contribution in [-0.2, 0) is 13.0 Å². The molecule has 3 rings (SSSR count). The number of imidazole rings is 1. The zero-order valence-corrected chi connectivity index (χ0v) is 11.5. The highest BCUT2D eigenvalue weighted by Gasteiger charge is 2.18. The van der Waals surface area contributed by atoms with Crippen molar-refractivity contribution in [1.82, 2.24) is 9.55 Å². The van der Waals surface area contributed by atoms with Crippen molar-refractivity contribution in [1.29, 1.82) is 0 Å². The lowest BCUT2D eigenvalue weighted by Gasteiger charge is -2.22. The van der Waals surface area contributed by atoms with Gasteiger partial charge in [0, 0.05) is 18.9 Å². The van der Waals surface area contributed by atoms with Gasteiger partial charge in [-0.15, -0.1) is 0 Å². The SMILES string of the molecule is O[C@H]1CCCc2ccc(OCCCn3ccnc3)cc21. The summed E-state index contributed by atoms with van der Waals surface area (Å²) in [6, 6.07) is 6.09. The van der Waals surface area contributed by atoms with Crippen LogP contribution in [0.25, 0.3) is 0 Å². The van der Waals surface area contributed by atoms with Crippen molar-refractivity contribution in [2.45, 2.75) is 38.3 Å². The second-order valence-electron chi connectivity index (χ2n) is 5.27. The molecule has 0 saturated heterocycles. The van der Waals surface area contributed by atoms with Crippen LogP contribution in [0.3, 0.4) is 0 Å². The summed E-state index contributed by atoms with van der Waals surface area (Å²) in [4.78, 5) is 4.01. The van der Waals surface area contributed by atoms with Crippen molar-refractivity contribution < 1.29 is 9.84 Å². The minimum absolute atomic E-state index is 0.326.